The van der Waals surface area contributed by atoms with Gasteiger partial charge in [-0.1, -0.05) is 12.1 Å². The Hall–Kier alpha value is -3.02. The molecule has 134 valence electrons. The number of amides is 1. The second-order valence-corrected chi connectivity index (χ2v) is 5.91. The SMILES string of the molecule is CCN(CC)C(=O)c1ccc(CNc2ncnc3ccc(F)cc23)cc1. The monoisotopic (exact) mass is 352 g/mol. The second-order valence-electron chi connectivity index (χ2n) is 5.91. The van der Waals surface area contributed by atoms with E-state index in [2.05, 4.69) is 15.3 Å². The van der Waals surface area contributed by atoms with Gasteiger partial charge in [-0.15, -0.1) is 0 Å². The summed E-state index contributed by atoms with van der Waals surface area (Å²) < 4.78 is 13.5. The van der Waals surface area contributed by atoms with Gasteiger partial charge in [0.15, 0.2) is 0 Å². The maximum Gasteiger partial charge on any atom is 0.253 e. The number of carbonyl (C=O) groups is 1. The first-order chi connectivity index (χ1) is 12.6. The number of carbonyl (C=O) groups excluding carboxylic acids is 1. The van der Waals surface area contributed by atoms with Crippen molar-refractivity contribution in [3.05, 3.63) is 65.7 Å². The van der Waals surface area contributed by atoms with Crippen LogP contribution in [0.5, 0.6) is 0 Å². The Labute approximate surface area is 151 Å². The minimum absolute atomic E-state index is 0.0341. The first-order valence-corrected chi connectivity index (χ1v) is 8.64. The van der Waals surface area contributed by atoms with Crippen molar-refractivity contribution in [3.8, 4) is 0 Å². The number of nitrogens with one attached hydrogen (secondary N) is 1. The number of hydrogen-bond donors (Lipinski definition) is 1. The van der Waals surface area contributed by atoms with Gasteiger partial charge in [-0.25, -0.2) is 14.4 Å². The van der Waals surface area contributed by atoms with E-state index in [0.29, 0.717) is 41.9 Å². The molecule has 0 aliphatic heterocycles. The molecular weight excluding hydrogens is 331 g/mol. The Balaban J connectivity index is 1.73. The number of rotatable bonds is 6. The van der Waals surface area contributed by atoms with Gasteiger partial charge in [0.2, 0.25) is 0 Å². The summed E-state index contributed by atoms with van der Waals surface area (Å²) in [5.41, 5.74) is 2.36. The molecule has 0 aliphatic rings. The molecule has 0 atom stereocenters. The summed E-state index contributed by atoms with van der Waals surface area (Å²) in [6.07, 6.45) is 1.45. The summed E-state index contributed by atoms with van der Waals surface area (Å²) >= 11 is 0. The van der Waals surface area contributed by atoms with E-state index in [1.165, 1.54) is 18.5 Å². The normalized spacial score (nSPS) is 10.7. The Kier molecular flexibility index (Phi) is 5.41. The van der Waals surface area contributed by atoms with Gasteiger partial charge in [0, 0.05) is 30.6 Å². The number of hydrogen-bond acceptors (Lipinski definition) is 4. The smallest absolute Gasteiger partial charge is 0.253 e. The molecule has 0 spiro atoms. The highest BCUT2D eigenvalue weighted by molar-refractivity contribution is 5.94. The van der Waals surface area contributed by atoms with Crippen LogP contribution >= 0.6 is 0 Å². The van der Waals surface area contributed by atoms with Crippen molar-refractivity contribution in [3.63, 3.8) is 0 Å². The molecular formula is C20H21FN4O. The van der Waals surface area contributed by atoms with Crippen molar-refractivity contribution in [2.45, 2.75) is 20.4 Å². The highest BCUT2D eigenvalue weighted by Gasteiger charge is 2.12. The summed E-state index contributed by atoms with van der Waals surface area (Å²) in [5.74, 6) is 0.291. The topological polar surface area (TPSA) is 58.1 Å². The van der Waals surface area contributed by atoms with E-state index in [4.69, 9.17) is 0 Å². The third-order valence-corrected chi connectivity index (χ3v) is 4.31. The van der Waals surface area contributed by atoms with Crippen LogP contribution in [0.3, 0.4) is 0 Å². The zero-order valence-electron chi connectivity index (χ0n) is 14.9. The predicted octanol–water partition coefficient (Wildman–Crippen LogP) is 3.86. The second kappa shape index (κ2) is 7.91. The lowest BCUT2D eigenvalue weighted by atomic mass is 10.1. The lowest BCUT2D eigenvalue weighted by molar-refractivity contribution is 0.0773. The van der Waals surface area contributed by atoms with Crippen LogP contribution in [0, 0.1) is 5.82 Å². The Morgan fingerprint density at radius 3 is 2.50 bits per heavy atom. The average Bonchev–Trinajstić information content (AvgIpc) is 2.67. The summed E-state index contributed by atoms with van der Waals surface area (Å²) in [5, 5.41) is 3.85. The fourth-order valence-electron chi connectivity index (χ4n) is 2.81. The average molecular weight is 352 g/mol. The maximum atomic E-state index is 13.5. The number of aromatic nitrogens is 2. The Morgan fingerprint density at radius 1 is 1.08 bits per heavy atom. The van der Waals surface area contributed by atoms with Gasteiger partial charge in [-0.3, -0.25) is 4.79 Å². The molecule has 5 nitrogen and oxygen atoms in total. The number of halogens is 1. The molecule has 3 aromatic rings. The van der Waals surface area contributed by atoms with E-state index in [0.717, 1.165) is 5.56 Å². The molecule has 0 saturated carbocycles. The van der Waals surface area contributed by atoms with Crippen LogP contribution in [0.4, 0.5) is 10.2 Å². The Morgan fingerprint density at radius 2 is 1.81 bits per heavy atom. The molecule has 0 radical (unpaired) electrons. The molecule has 0 fully saturated rings. The lowest BCUT2D eigenvalue weighted by Gasteiger charge is -2.18. The van der Waals surface area contributed by atoms with Crippen LogP contribution in [0.1, 0.15) is 29.8 Å². The summed E-state index contributed by atoms with van der Waals surface area (Å²) in [4.78, 5) is 22.5. The zero-order chi connectivity index (χ0) is 18.5. The molecule has 0 saturated heterocycles. The van der Waals surface area contributed by atoms with Crippen molar-refractivity contribution in [2.75, 3.05) is 18.4 Å². The van der Waals surface area contributed by atoms with Crippen LogP contribution in [-0.4, -0.2) is 33.9 Å². The van der Waals surface area contributed by atoms with Crippen molar-refractivity contribution in [1.29, 1.82) is 0 Å². The van der Waals surface area contributed by atoms with Gasteiger partial charge in [-0.2, -0.15) is 0 Å². The maximum absolute atomic E-state index is 13.5. The highest BCUT2D eigenvalue weighted by Crippen LogP contribution is 2.20. The highest BCUT2D eigenvalue weighted by atomic mass is 19.1. The summed E-state index contributed by atoms with van der Waals surface area (Å²) in [7, 11) is 0. The van der Waals surface area contributed by atoms with Crippen LogP contribution in [0.25, 0.3) is 10.9 Å². The van der Waals surface area contributed by atoms with Gasteiger partial charge in [0.25, 0.3) is 5.91 Å². The molecule has 0 bridgehead atoms. The summed E-state index contributed by atoms with van der Waals surface area (Å²) in [6.45, 7) is 5.83. The molecule has 0 unspecified atom stereocenters. The Bertz CT molecular complexity index is 907. The van der Waals surface area contributed by atoms with Crippen LogP contribution < -0.4 is 5.32 Å². The predicted molar refractivity (Wildman–Crippen MR) is 101 cm³/mol. The molecule has 1 heterocycles. The largest absolute Gasteiger partial charge is 0.365 e. The number of anilines is 1. The van der Waals surface area contributed by atoms with E-state index in [1.807, 2.05) is 38.1 Å². The van der Waals surface area contributed by atoms with Crippen LogP contribution in [0.2, 0.25) is 0 Å². The van der Waals surface area contributed by atoms with Crippen molar-refractivity contribution in [1.82, 2.24) is 14.9 Å². The zero-order valence-corrected chi connectivity index (χ0v) is 14.9. The van der Waals surface area contributed by atoms with E-state index in [9.17, 15) is 9.18 Å². The van der Waals surface area contributed by atoms with Gasteiger partial charge < -0.3 is 10.2 Å². The fourth-order valence-corrected chi connectivity index (χ4v) is 2.81. The van der Waals surface area contributed by atoms with Gasteiger partial charge in [-0.05, 0) is 49.7 Å². The van der Waals surface area contributed by atoms with E-state index < -0.39 is 0 Å². The molecule has 26 heavy (non-hydrogen) atoms. The number of fused-ring (bicyclic) bond motifs is 1. The van der Waals surface area contributed by atoms with Crippen molar-refractivity contribution < 1.29 is 9.18 Å². The third-order valence-electron chi connectivity index (χ3n) is 4.31. The third kappa shape index (κ3) is 3.79. The summed E-state index contributed by atoms with van der Waals surface area (Å²) in [6, 6.07) is 11.9. The molecule has 1 N–H and O–H groups in total. The van der Waals surface area contributed by atoms with Gasteiger partial charge in [0.1, 0.15) is 18.0 Å². The van der Waals surface area contributed by atoms with Crippen molar-refractivity contribution >= 4 is 22.6 Å². The fraction of sp³-hybridized carbons (Fsp3) is 0.250. The molecule has 1 aromatic heterocycles. The molecule has 0 aliphatic carbocycles. The van der Waals surface area contributed by atoms with Gasteiger partial charge in [0.05, 0.1) is 5.52 Å². The first-order valence-electron chi connectivity index (χ1n) is 8.64. The minimum atomic E-state index is -0.324. The van der Waals surface area contributed by atoms with Crippen LogP contribution in [-0.2, 0) is 6.54 Å². The minimum Gasteiger partial charge on any atom is -0.365 e. The number of nitrogens with zero attached hydrogens (tertiary/aromatic N) is 3. The van der Waals surface area contributed by atoms with Gasteiger partial charge >= 0.3 is 0 Å². The van der Waals surface area contributed by atoms with E-state index >= 15 is 0 Å². The first kappa shape index (κ1) is 17.8. The molecule has 1 amide bonds. The lowest BCUT2D eigenvalue weighted by Crippen LogP contribution is -2.30. The number of benzene rings is 2. The quantitative estimate of drug-likeness (QED) is 0.732. The van der Waals surface area contributed by atoms with Crippen molar-refractivity contribution in [2.24, 2.45) is 0 Å². The standard InChI is InChI=1S/C20H21FN4O/c1-3-25(4-2)20(26)15-7-5-14(6-8-15)12-22-19-17-11-16(21)9-10-18(17)23-13-24-19/h5-11,13H,3-4,12H2,1-2H3,(H,22,23,24). The van der Waals surface area contributed by atoms with E-state index in [-0.39, 0.29) is 11.7 Å². The molecule has 6 heteroatoms. The van der Waals surface area contributed by atoms with E-state index in [1.54, 1.807) is 11.0 Å². The molecule has 2 aromatic carbocycles. The molecule has 3 rings (SSSR count). The van der Waals surface area contributed by atoms with Crippen LogP contribution in [0.15, 0.2) is 48.8 Å².